The van der Waals surface area contributed by atoms with Gasteiger partial charge in [0.05, 0.1) is 19.8 Å². The molecule has 10 heteroatoms. The molecule has 2 aliphatic heterocycles. The lowest BCUT2D eigenvalue weighted by atomic mass is 10.1. The van der Waals surface area contributed by atoms with Gasteiger partial charge < -0.3 is 15.4 Å². The average molecular weight is 507 g/mol. The van der Waals surface area contributed by atoms with Gasteiger partial charge in [-0.3, -0.25) is 14.8 Å². The first-order valence-corrected chi connectivity index (χ1v) is 9.57. The van der Waals surface area contributed by atoms with Crippen LogP contribution < -0.4 is 10.6 Å². The standard InChI is InChI=1S/C17H32F3N5O.HI/c1-2-21-16(22-5-3-6-24-8-10-26-11-9-24)23-12-15-4-7-25(13-15)14-17(18,19)20;/h15H,2-14H2,1H3,(H2,21,22,23);1H. The van der Waals surface area contributed by atoms with Gasteiger partial charge in [-0.2, -0.15) is 13.2 Å². The number of morpholine rings is 1. The Labute approximate surface area is 177 Å². The first-order valence-electron chi connectivity index (χ1n) is 9.57. The first-order chi connectivity index (χ1) is 12.5. The van der Waals surface area contributed by atoms with Gasteiger partial charge in [0.2, 0.25) is 0 Å². The molecule has 0 amide bonds. The minimum atomic E-state index is -4.12. The summed E-state index contributed by atoms with van der Waals surface area (Å²) < 4.78 is 42.7. The lowest BCUT2D eigenvalue weighted by molar-refractivity contribution is -0.143. The van der Waals surface area contributed by atoms with Crippen LogP contribution in [0.25, 0.3) is 0 Å². The van der Waals surface area contributed by atoms with Crippen molar-refractivity contribution in [3.63, 3.8) is 0 Å². The third kappa shape index (κ3) is 10.7. The topological polar surface area (TPSA) is 52.1 Å². The van der Waals surface area contributed by atoms with Crippen molar-refractivity contribution in [2.45, 2.75) is 25.9 Å². The molecule has 1 unspecified atom stereocenters. The number of nitrogens with zero attached hydrogens (tertiary/aromatic N) is 3. The number of hydrogen-bond donors (Lipinski definition) is 2. The molecule has 2 N–H and O–H groups in total. The van der Waals surface area contributed by atoms with Crippen LogP contribution in [-0.4, -0.2) is 94.1 Å². The number of halogens is 4. The van der Waals surface area contributed by atoms with E-state index in [2.05, 4.69) is 20.5 Å². The van der Waals surface area contributed by atoms with Crippen molar-refractivity contribution in [1.29, 1.82) is 0 Å². The van der Waals surface area contributed by atoms with E-state index in [0.29, 0.717) is 19.6 Å². The summed E-state index contributed by atoms with van der Waals surface area (Å²) in [4.78, 5) is 8.43. The largest absolute Gasteiger partial charge is 0.401 e. The van der Waals surface area contributed by atoms with Gasteiger partial charge in [-0.15, -0.1) is 24.0 Å². The fourth-order valence-corrected chi connectivity index (χ4v) is 3.36. The molecular weight excluding hydrogens is 474 g/mol. The highest BCUT2D eigenvalue weighted by Gasteiger charge is 2.34. The van der Waals surface area contributed by atoms with Crippen LogP contribution in [0.3, 0.4) is 0 Å². The average Bonchev–Trinajstić information content (AvgIpc) is 3.02. The zero-order chi connectivity index (χ0) is 18.8. The van der Waals surface area contributed by atoms with Crippen molar-refractivity contribution in [3.8, 4) is 0 Å². The van der Waals surface area contributed by atoms with Crippen molar-refractivity contribution < 1.29 is 17.9 Å². The summed E-state index contributed by atoms with van der Waals surface area (Å²) in [6, 6.07) is 0. The van der Waals surface area contributed by atoms with Gasteiger partial charge in [0.25, 0.3) is 0 Å². The zero-order valence-corrected chi connectivity index (χ0v) is 18.4. The summed E-state index contributed by atoms with van der Waals surface area (Å²) in [6.45, 7) is 8.95. The Morgan fingerprint density at radius 3 is 2.56 bits per heavy atom. The minimum absolute atomic E-state index is 0. The molecule has 0 aromatic carbocycles. The van der Waals surface area contributed by atoms with E-state index < -0.39 is 12.7 Å². The van der Waals surface area contributed by atoms with Crippen molar-refractivity contribution in [2.75, 3.05) is 72.1 Å². The van der Waals surface area contributed by atoms with Crippen molar-refractivity contribution >= 4 is 29.9 Å². The lowest BCUT2D eigenvalue weighted by Gasteiger charge is -2.26. The summed E-state index contributed by atoms with van der Waals surface area (Å²) in [7, 11) is 0. The molecule has 27 heavy (non-hydrogen) atoms. The number of hydrogen-bond acceptors (Lipinski definition) is 4. The van der Waals surface area contributed by atoms with Gasteiger partial charge in [-0.1, -0.05) is 0 Å². The number of likely N-dealkylation sites (tertiary alicyclic amines) is 1. The number of ether oxygens (including phenoxy) is 1. The molecule has 2 rings (SSSR count). The maximum atomic E-state index is 12.5. The van der Waals surface area contributed by atoms with Crippen LogP contribution in [-0.2, 0) is 4.74 Å². The van der Waals surface area contributed by atoms with E-state index in [1.165, 1.54) is 4.90 Å². The highest BCUT2D eigenvalue weighted by Crippen LogP contribution is 2.22. The van der Waals surface area contributed by atoms with E-state index in [-0.39, 0.29) is 29.9 Å². The van der Waals surface area contributed by atoms with Gasteiger partial charge in [-0.25, -0.2) is 0 Å². The summed E-state index contributed by atoms with van der Waals surface area (Å²) in [5.41, 5.74) is 0. The first kappa shape index (κ1) is 24.7. The Balaban J connectivity index is 0.00000364. The second-order valence-corrected chi connectivity index (χ2v) is 6.96. The molecule has 1 atom stereocenters. The SMILES string of the molecule is CCNC(=NCC1CCN(CC(F)(F)F)C1)NCCCN1CCOCC1.I. The Hall–Kier alpha value is -0.330. The van der Waals surface area contributed by atoms with Crippen LogP contribution in [0.2, 0.25) is 0 Å². The van der Waals surface area contributed by atoms with Crippen LogP contribution in [0.4, 0.5) is 13.2 Å². The molecule has 6 nitrogen and oxygen atoms in total. The molecule has 0 aromatic heterocycles. The molecule has 2 saturated heterocycles. The molecule has 2 fully saturated rings. The summed E-state index contributed by atoms with van der Waals surface area (Å²) in [6.07, 6.45) is -2.32. The monoisotopic (exact) mass is 507 g/mol. The van der Waals surface area contributed by atoms with E-state index in [1.54, 1.807) is 0 Å². The maximum absolute atomic E-state index is 12.5. The molecule has 0 radical (unpaired) electrons. The van der Waals surface area contributed by atoms with E-state index >= 15 is 0 Å². The zero-order valence-electron chi connectivity index (χ0n) is 16.1. The molecule has 0 spiro atoms. The fourth-order valence-electron chi connectivity index (χ4n) is 3.36. The molecule has 2 aliphatic rings. The van der Waals surface area contributed by atoms with Crippen LogP contribution in [0.15, 0.2) is 4.99 Å². The third-order valence-electron chi connectivity index (χ3n) is 4.67. The van der Waals surface area contributed by atoms with E-state index in [4.69, 9.17) is 4.74 Å². The van der Waals surface area contributed by atoms with E-state index in [0.717, 1.165) is 64.7 Å². The molecule has 0 aromatic rings. The minimum Gasteiger partial charge on any atom is -0.379 e. The van der Waals surface area contributed by atoms with Gasteiger partial charge in [0.15, 0.2) is 5.96 Å². The van der Waals surface area contributed by atoms with Crippen LogP contribution in [0, 0.1) is 5.92 Å². The van der Waals surface area contributed by atoms with Crippen molar-refractivity contribution in [1.82, 2.24) is 20.4 Å². The molecule has 2 heterocycles. The second-order valence-electron chi connectivity index (χ2n) is 6.96. The number of aliphatic imine (C=N–C) groups is 1. The number of alkyl halides is 3. The predicted octanol–water partition coefficient (Wildman–Crippen LogP) is 1.77. The van der Waals surface area contributed by atoms with Crippen molar-refractivity contribution in [2.24, 2.45) is 10.9 Å². The summed E-state index contributed by atoms with van der Waals surface area (Å²) in [5.74, 6) is 0.949. The predicted molar refractivity (Wildman–Crippen MR) is 112 cm³/mol. The number of rotatable bonds is 8. The normalized spacial score (nSPS) is 22.5. The molecule has 0 saturated carbocycles. The molecule has 0 aliphatic carbocycles. The Morgan fingerprint density at radius 2 is 1.89 bits per heavy atom. The molecule has 160 valence electrons. The number of nitrogens with one attached hydrogen (secondary N) is 2. The Bertz CT molecular complexity index is 433. The highest BCUT2D eigenvalue weighted by molar-refractivity contribution is 14.0. The maximum Gasteiger partial charge on any atom is 0.401 e. The van der Waals surface area contributed by atoms with Gasteiger partial charge in [0.1, 0.15) is 0 Å². The fraction of sp³-hybridized carbons (Fsp3) is 0.941. The lowest BCUT2D eigenvalue weighted by Crippen LogP contribution is -2.41. The van der Waals surface area contributed by atoms with Gasteiger partial charge in [0, 0.05) is 39.3 Å². The van der Waals surface area contributed by atoms with Gasteiger partial charge in [-0.05, 0) is 38.8 Å². The Morgan fingerprint density at radius 1 is 1.15 bits per heavy atom. The Kier molecular flexibility index (Phi) is 11.9. The van der Waals surface area contributed by atoms with Crippen molar-refractivity contribution in [3.05, 3.63) is 0 Å². The summed E-state index contributed by atoms with van der Waals surface area (Å²) in [5, 5.41) is 6.53. The number of guanidine groups is 1. The molecular formula is C17H33F3IN5O. The van der Waals surface area contributed by atoms with E-state index in [9.17, 15) is 13.2 Å². The van der Waals surface area contributed by atoms with E-state index in [1.807, 2.05) is 6.92 Å². The highest BCUT2D eigenvalue weighted by atomic mass is 127. The van der Waals surface area contributed by atoms with Crippen LogP contribution in [0.1, 0.15) is 19.8 Å². The smallest absolute Gasteiger partial charge is 0.379 e. The third-order valence-corrected chi connectivity index (χ3v) is 4.67. The second kappa shape index (κ2) is 13.0. The van der Waals surface area contributed by atoms with Gasteiger partial charge >= 0.3 is 6.18 Å². The van der Waals surface area contributed by atoms with Crippen LogP contribution >= 0.6 is 24.0 Å². The van der Waals surface area contributed by atoms with Crippen LogP contribution in [0.5, 0.6) is 0 Å². The quantitative estimate of drug-likeness (QED) is 0.227. The molecule has 0 bridgehead atoms. The summed E-state index contributed by atoms with van der Waals surface area (Å²) >= 11 is 0.